The molecular formula is C19H28F3N4O2+. The molecule has 9 heteroatoms. The van der Waals surface area contributed by atoms with Crippen molar-refractivity contribution in [2.45, 2.75) is 38.9 Å². The van der Waals surface area contributed by atoms with Gasteiger partial charge in [0.05, 0.1) is 24.0 Å². The number of anilines is 2. The Kier molecular flexibility index (Phi) is 7.29. The molecule has 1 aromatic carbocycles. The van der Waals surface area contributed by atoms with Crippen LogP contribution in [0.25, 0.3) is 0 Å². The normalized spacial score (nSPS) is 15.1. The van der Waals surface area contributed by atoms with E-state index >= 15 is 0 Å². The van der Waals surface area contributed by atoms with E-state index in [1.165, 1.54) is 6.07 Å². The van der Waals surface area contributed by atoms with Crippen molar-refractivity contribution in [3.8, 4) is 0 Å². The fourth-order valence-corrected chi connectivity index (χ4v) is 2.96. The van der Waals surface area contributed by atoms with Crippen LogP contribution in [0.2, 0.25) is 0 Å². The molecule has 0 saturated heterocycles. The fraction of sp³-hybridized carbons (Fsp3) is 0.579. The van der Waals surface area contributed by atoms with Gasteiger partial charge in [0.2, 0.25) is 0 Å². The quantitative estimate of drug-likeness (QED) is 0.584. The van der Waals surface area contributed by atoms with Gasteiger partial charge in [-0.1, -0.05) is 0 Å². The zero-order valence-corrected chi connectivity index (χ0v) is 16.4. The second-order valence-corrected chi connectivity index (χ2v) is 7.10. The lowest BCUT2D eigenvalue weighted by Gasteiger charge is -2.25. The van der Waals surface area contributed by atoms with Crippen molar-refractivity contribution in [3.63, 3.8) is 0 Å². The zero-order valence-electron chi connectivity index (χ0n) is 16.4. The standard InChI is InChI=1S/C19H27F3N4O2/c1-4-26(5-2)16-9-6-13(19(20,21)22)10-15(16)24-18(28)12-25(3)11-17(27)23-14-7-8-14/h6,9-10,14H,4-5,7-8,11-12H2,1-3H3,(H,23,27)(H,24,28)/p+1. The maximum atomic E-state index is 13.1. The minimum atomic E-state index is -4.50. The fourth-order valence-electron chi connectivity index (χ4n) is 2.96. The van der Waals surface area contributed by atoms with E-state index in [1.807, 2.05) is 18.7 Å². The van der Waals surface area contributed by atoms with Gasteiger partial charge in [-0.2, -0.15) is 13.2 Å². The number of quaternary nitrogens is 1. The number of likely N-dealkylation sites (N-methyl/N-ethyl adjacent to an activating group) is 1. The SMILES string of the molecule is CCN(CC)c1ccc(C(F)(F)F)cc1NC(=O)C[NH+](C)CC(=O)NC1CC1. The molecule has 1 aliphatic carbocycles. The van der Waals surface area contributed by atoms with Gasteiger partial charge >= 0.3 is 6.18 Å². The second kappa shape index (κ2) is 9.27. The molecule has 0 heterocycles. The predicted molar refractivity (Wildman–Crippen MR) is 101 cm³/mol. The summed E-state index contributed by atoms with van der Waals surface area (Å²) in [5.74, 6) is -0.569. The summed E-state index contributed by atoms with van der Waals surface area (Å²) in [6, 6.07) is 3.60. The van der Waals surface area contributed by atoms with Crippen LogP contribution in [0.1, 0.15) is 32.3 Å². The van der Waals surface area contributed by atoms with E-state index in [2.05, 4.69) is 10.6 Å². The molecule has 1 atom stereocenters. The van der Waals surface area contributed by atoms with E-state index in [-0.39, 0.29) is 30.7 Å². The smallest absolute Gasteiger partial charge is 0.370 e. The van der Waals surface area contributed by atoms with Gasteiger partial charge in [0.25, 0.3) is 11.8 Å². The highest BCUT2D eigenvalue weighted by Crippen LogP contribution is 2.35. The third-order valence-corrected chi connectivity index (χ3v) is 4.57. The Morgan fingerprint density at radius 1 is 1.14 bits per heavy atom. The summed E-state index contributed by atoms with van der Waals surface area (Å²) in [6.45, 7) is 5.09. The number of hydrogen-bond donors (Lipinski definition) is 3. The van der Waals surface area contributed by atoms with Gasteiger partial charge in [0.1, 0.15) is 0 Å². The third-order valence-electron chi connectivity index (χ3n) is 4.57. The Morgan fingerprint density at radius 2 is 1.75 bits per heavy atom. The zero-order chi connectivity index (χ0) is 20.9. The Balaban J connectivity index is 2.08. The summed E-state index contributed by atoms with van der Waals surface area (Å²) in [6.07, 6.45) is -2.53. The largest absolute Gasteiger partial charge is 0.416 e. The molecule has 2 rings (SSSR count). The Hall–Kier alpha value is -2.29. The number of benzene rings is 1. The van der Waals surface area contributed by atoms with Crippen molar-refractivity contribution in [2.24, 2.45) is 0 Å². The molecule has 3 N–H and O–H groups in total. The van der Waals surface area contributed by atoms with Crippen LogP contribution >= 0.6 is 0 Å². The number of rotatable bonds is 9. The van der Waals surface area contributed by atoms with Crippen LogP contribution in [0.5, 0.6) is 0 Å². The first-order valence-corrected chi connectivity index (χ1v) is 9.50. The summed E-state index contributed by atoms with van der Waals surface area (Å²) in [4.78, 5) is 26.7. The van der Waals surface area contributed by atoms with E-state index in [4.69, 9.17) is 0 Å². The number of nitrogens with one attached hydrogen (secondary N) is 3. The molecule has 1 fully saturated rings. The molecule has 0 spiro atoms. The predicted octanol–water partition coefficient (Wildman–Crippen LogP) is 1.28. The Bertz CT molecular complexity index is 701. The lowest BCUT2D eigenvalue weighted by atomic mass is 10.1. The van der Waals surface area contributed by atoms with Crippen molar-refractivity contribution in [1.29, 1.82) is 0 Å². The van der Waals surface area contributed by atoms with Crippen molar-refractivity contribution in [2.75, 3.05) is 43.4 Å². The second-order valence-electron chi connectivity index (χ2n) is 7.10. The van der Waals surface area contributed by atoms with Crippen LogP contribution < -0.4 is 20.4 Å². The van der Waals surface area contributed by atoms with Gasteiger partial charge in [0, 0.05) is 19.1 Å². The summed E-state index contributed by atoms with van der Waals surface area (Å²) >= 11 is 0. The lowest BCUT2D eigenvalue weighted by molar-refractivity contribution is -0.862. The maximum absolute atomic E-state index is 13.1. The van der Waals surface area contributed by atoms with Crippen LogP contribution in [0.3, 0.4) is 0 Å². The first kappa shape index (κ1) is 22.0. The van der Waals surface area contributed by atoms with Crippen molar-refractivity contribution in [3.05, 3.63) is 23.8 Å². The van der Waals surface area contributed by atoms with Gasteiger partial charge < -0.3 is 20.4 Å². The average molecular weight is 401 g/mol. The van der Waals surface area contributed by atoms with Crippen molar-refractivity contribution >= 4 is 23.2 Å². The number of alkyl halides is 3. The van der Waals surface area contributed by atoms with Crippen LogP contribution in [0.15, 0.2) is 18.2 Å². The van der Waals surface area contributed by atoms with Crippen LogP contribution in [-0.4, -0.2) is 51.1 Å². The summed E-state index contributed by atoms with van der Waals surface area (Å²) in [5.41, 5.74) is -0.155. The van der Waals surface area contributed by atoms with Crippen molar-refractivity contribution in [1.82, 2.24) is 5.32 Å². The molecule has 2 amide bonds. The highest BCUT2D eigenvalue weighted by atomic mass is 19.4. The van der Waals surface area contributed by atoms with Crippen molar-refractivity contribution < 1.29 is 27.7 Å². The first-order valence-electron chi connectivity index (χ1n) is 9.50. The molecule has 0 aromatic heterocycles. The molecule has 156 valence electrons. The minimum Gasteiger partial charge on any atom is -0.370 e. The number of amides is 2. The van der Waals surface area contributed by atoms with Crippen LogP contribution in [0, 0.1) is 0 Å². The summed E-state index contributed by atoms with van der Waals surface area (Å²) in [7, 11) is 1.70. The molecule has 1 unspecified atom stereocenters. The topological polar surface area (TPSA) is 65.9 Å². The van der Waals surface area contributed by atoms with Gasteiger partial charge in [-0.15, -0.1) is 0 Å². The Morgan fingerprint density at radius 3 is 2.29 bits per heavy atom. The van der Waals surface area contributed by atoms with E-state index in [1.54, 1.807) is 7.05 Å². The van der Waals surface area contributed by atoms with Gasteiger partial charge in [0.15, 0.2) is 13.1 Å². The molecule has 0 bridgehead atoms. The minimum absolute atomic E-state index is 0.0218. The highest BCUT2D eigenvalue weighted by Gasteiger charge is 2.32. The average Bonchev–Trinajstić information content (AvgIpc) is 3.39. The number of carbonyl (C=O) groups is 2. The molecule has 1 aliphatic rings. The van der Waals surface area contributed by atoms with E-state index in [9.17, 15) is 22.8 Å². The molecule has 28 heavy (non-hydrogen) atoms. The maximum Gasteiger partial charge on any atom is 0.416 e. The molecule has 0 radical (unpaired) electrons. The number of nitrogens with zero attached hydrogens (tertiary/aromatic N) is 1. The molecule has 6 nitrogen and oxygen atoms in total. The molecule has 0 aliphatic heterocycles. The first-order chi connectivity index (χ1) is 13.1. The Labute approximate surface area is 163 Å². The number of hydrogen-bond acceptors (Lipinski definition) is 3. The molecular weight excluding hydrogens is 373 g/mol. The van der Waals surface area contributed by atoms with E-state index in [0.717, 1.165) is 25.0 Å². The molecule has 1 aromatic rings. The van der Waals surface area contributed by atoms with E-state index < -0.39 is 17.6 Å². The third kappa shape index (κ3) is 6.40. The summed E-state index contributed by atoms with van der Waals surface area (Å²) in [5, 5.41) is 5.44. The lowest BCUT2D eigenvalue weighted by Crippen LogP contribution is -3.11. The highest BCUT2D eigenvalue weighted by molar-refractivity contribution is 5.95. The van der Waals surface area contributed by atoms with Gasteiger partial charge in [-0.25, -0.2) is 0 Å². The number of carbonyl (C=O) groups excluding carboxylic acids is 2. The van der Waals surface area contributed by atoms with Crippen LogP contribution in [-0.2, 0) is 15.8 Å². The number of halogens is 3. The monoisotopic (exact) mass is 401 g/mol. The van der Waals surface area contributed by atoms with E-state index in [0.29, 0.717) is 23.7 Å². The molecule has 1 saturated carbocycles. The summed E-state index contributed by atoms with van der Waals surface area (Å²) < 4.78 is 39.3. The van der Waals surface area contributed by atoms with Gasteiger partial charge in [-0.3, -0.25) is 9.59 Å². The van der Waals surface area contributed by atoms with Gasteiger partial charge in [-0.05, 0) is 44.9 Å². The van der Waals surface area contributed by atoms with Crippen LogP contribution in [0.4, 0.5) is 24.5 Å².